The fraction of sp³-hybridized carbons (Fsp3) is 0.846. The number of rotatable bonds is 8. The third kappa shape index (κ3) is 4.74. The highest BCUT2D eigenvalue weighted by Gasteiger charge is 2.14. The lowest BCUT2D eigenvalue weighted by Gasteiger charge is -2.25. The quantitative estimate of drug-likeness (QED) is 0.760. The molecule has 1 aromatic rings. The highest BCUT2D eigenvalue weighted by molar-refractivity contribution is 4.86. The SMILES string of the molecule is CCCn1ncnc1CNC(CN(C)C)C(C)C. The number of aryl methyl sites for hydroxylation is 1. The van der Waals surface area contributed by atoms with Crippen LogP contribution in [0.1, 0.15) is 33.0 Å². The second kappa shape index (κ2) is 7.48. The Labute approximate surface area is 111 Å². The minimum atomic E-state index is 0.478. The first-order valence-electron chi connectivity index (χ1n) is 6.79. The zero-order chi connectivity index (χ0) is 13.5. The van der Waals surface area contributed by atoms with Crippen molar-refractivity contribution in [3.8, 4) is 0 Å². The number of hydrogen-bond acceptors (Lipinski definition) is 4. The fourth-order valence-electron chi connectivity index (χ4n) is 1.95. The van der Waals surface area contributed by atoms with Crippen molar-refractivity contribution < 1.29 is 0 Å². The molecular weight excluding hydrogens is 226 g/mol. The standard InChI is InChI=1S/C13H27N5/c1-6-7-18-13(15-10-16-18)8-14-12(11(2)3)9-17(4)5/h10-12,14H,6-9H2,1-5H3. The smallest absolute Gasteiger partial charge is 0.140 e. The molecule has 1 aromatic heterocycles. The number of hydrogen-bond donors (Lipinski definition) is 1. The molecule has 1 heterocycles. The molecule has 0 amide bonds. The maximum Gasteiger partial charge on any atom is 0.140 e. The average molecular weight is 253 g/mol. The van der Waals surface area contributed by atoms with Crippen LogP contribution in [0.25, 0.3) is 0 Å². The van der Waals surface area contributed by atoms with E-state index in [0.717, 1.165) is 31.9 Å². The van der Waals surface area contributed by atoms with E-state index in [1.165, 1.54) is 0 Å². The molecular formula is C13H27N5. The Bertz CT molecular complexity index is 332. The molecule has 0 aliphatic heterocycles. The molecule has 1 unspecified atom stereocenters. The number of nitrogens with one attached hydrogen (secondary N) is 1. The van der Waals surface area contributed by atoms with Gasteiger partial charge < -0.3 is 10.2 Å². The van der Waals surface area contributed by atoms with Gasteiger partial charge in [-0.1, -0.05) is 20.8 Å². The molecule has 0 radical (unpaired) electrons. The fourth-order valence-corrected chi connectivity index (χ4v) is 1.95. The van der Waals surface area contributed by atoms with Crippen molar-refractivity contribution in [3.05, 3.63) is 12.2 Å². The summed E-state index contributed by atoms with van der Waals surface area (Å²) in [5.74, 6) is 1.64. The van der Waals surface area contributed by atoms with Gasteiger partial charge in [0.2, 0.25) is 0 Å². The summed E-state index contributed by atoms with van der Waals surface area (Å²) >= 11 is 0. The van der Waals surface area contributed by atoms with E-state index in [9.17, 15) is 0 Å². The van der Waals surface area contributed by atoms with Crippen LogP contribution in [-0.4, -0.2) is 46.3 Å². The second-order valence-electron chi connectivity index (χ2n) is 5.39. The zero-order valence-corrected chi connectivity index (χ0v) is 12.3. The first-order chi connectivity index (χ1) is 8.54. The molecule has 0 spiro atoms. The Kier molecular flexibility index (Phi) is 6.29. The summed E-state index contributed by atoms with van der Waals surface area (Å²) in [6.45, 7) is 9.42. The molecule has 0 aliphatic rings. The van der Waals surface area contributed by atoms with E-state index >= 15 is 0 Å². The summed E-state index contributed by atoms with van der Waals surface area (Å²) in [4.78, 5) is 6.54. The summed E-state index contributed by atoms with van der Waals surface area (Å²) in [6.07, 6.45) is 2.73. The van der Waals surface area contributed by atoms with Crippen LogP contribution in [0.15, 0.2) is 6.33 Å². The molecule has 0 aromatic carbocycles. The van der Waals surface area contributed by atoms with Gasteiger partial charge in [-0.05, 0) is 26.4 Å². The first-order valence-corrected chi connectivity index (χ1v) is 6.79. The molecule has 0 saturated carbocycles. The van der Waals surface area contributed by atoms with Gasteiger partial charge in [0.15, 0.2) is 0 Å². The van der Waals surface area contributed by atoms with Crippen molar-refractivity contribution in [2.24, 2.45) is 5.92 Å². The van der Waals surface area contributed by atoms with Crippen LogP contribution in [0.2, 0.25) is 0 Å². The molecule has 104 valence electrons. The topological polar surface area (TPSA) is 46.0 Å². The van der Waals surface area contributed by atoms with E-state index in [1.807, 2.05) is 4.68 Å². The normalized spacial score (nSPS) is 13.5. The van der Waals surface area contributed by atoms with Crippen LogP contribution in [0.5, 0.6) is 0 Å². The van der Waals surface area contributed by atoms with E-state index in [2.05, 4.69) is 55.2 Å². The largest absolute Gasteiger partial charge is 0.308 e. The molecule has 5 nitrogen and oxygen atoms in total. The van der Waals surface area contributed by atoms with Crippen LogP contribution in [0.4, 0.5) is 0 Å². The Hall–Kier alpha value is -0.940. The molecule has 0 bridgehead atoms. The van der Waals surface area contributed by atoms with Crippen molar-refractivity contribution in [2.75, 3.05) is 20.6 Å². The van der Waals surface area contributed by atoms with Crippen LogP contribution in [0.3, 0.4) is 0 Å². The van der Waals surface area contributed by atoms with Crippen LogP contribution in [0, 0.1) is 5.92 Å². The van der Waals surface area contributed by atoms with Gasteiger partial charge in [0.05, 0.1) is 6.54 Å². The maximum atomic E-state index is 4.32. The molecule has 0 fully saturated rings. The summed E-state index contributed by atoms with van der Waals surface area (Å²) in [5, 5.41) is 7.83. The zero-order valence-electron chi connectivity index (χ0n) is 12.3. The van der Waals surface area contributed by atoms with Crippen LogP contribution >= 0.6 is 0 Å². The Morgan fingerprint density at radius 2 is 2.11 bits per heavy atom. The van der Waals surface area contributed by atoms with E-state index in [0.29, 0.717) is 12.0 Å². The van der Waals surface area contributed by atoms with Crippen molar-refractivity contribution in [3.63, 3.8) is 0 Å². The van der Waals surface area contributed by atoms with Crippen LogP contribution in [-0.2, 0) is 13.1 Å². The summed E-state index contributed by atoms with van der Waals surface area (Å²) < 4.78 is 1.99. The minimum Gasteiger partial charge on any atom is -0.308 e. The van der Waals surface area contributed by atoms with Gasteiger partial charge in [-0.2, -0.15) is 5.10 Å². The molecule has 18 heavy (non-hydrogen) atoms. The predicted molar refractivity (Wildman–Crippen MR) is 74.3 cm³/mol. The monoisotopic (exact) mass is 253 g/mol. The van der Waals surface area contributed by atoms with Gasteiger partial charge >= 0.3 is 0 Å². The minimum absolute atomic E-state index is 0.478. The Morgan fingerprint density at radius 1 is 1.39 bits per heavy atom. The highest BCUT2D eigenvalue weighted by Crippen LogP contribution is 2.04. The summed E-state index contributed by atoms with van der Waals surface area (Å²) in [7, 11) is 4.22. The molecule has 1 rings (SSSR count). The van der Waals surface area contributed by atoms with Crippen molar-refractivity contribution in [2.45, 2.75) is 46.3 Å². The predicted octanol–water partition coefficient (Wildman–Crippen LogP) is 1.36. The van der Waals surface area contributed by atoms with E-state index < -0.39 is 0 Å². The Balaban J connectivity index is 2.53. The van der Waals surface area contributed by atoms with Gasteiger partial charge in [-0.15, -0.1) is 0 Å². The average Bonchev–Trinajstić information content (AvgIpc) is 2.71. The molecule has 5 heteroatoms. The Morgan fingerprint density at radius 3 is 2.67 bits per heavy atom. The third-order valence-electron chi connectivity index (χ3n) is 3.02. The molecule has 0 aliphatic carbocycles. The van der Waals surface area contributed by atoms with Gasteiger partial charge in [0, 0.05) is 19.1 Å². The maximum absolute atomic E-state index is 4.32. The lowest BCUT2D eigenvalue weighted by molar-refractivity contribution is 0.285. The summed E-state index contributed by atoms with van der Waals surface area (Å²) in [5.41, 5.74) is 0. The van der Waals surface area contributed by atoms with E-state index in [4.69, 9.17) is 0 Å². The number of likely N-dealkylation sites (N-methyl/N-ethyl adjacent to an activating group) is 1. The molecule has 1 N–H and O–H groups in total. The van der Waals surface area contributed by atoms with Gasteiger partial charge in [-0.3, -0.25) is 0 Å². The first kappa shape index (κ1) is 15.1. The van der Waals surface area contributed by atoms with Crippen LogP contribution < -0.4 is 5.32 Å². The number of nitrogens with zero attached hydrogens (tertiary/aromatic N) is 4. The van der Waals surface area contributed by atoms with Gasteiger partial charge in [-0.25, -0.2) is 9.67 Å². The van der Waals surface area contributed by atoms with Gasteiger partial charge in [0.25, 0.3) is 0 Å². The molecule has 0 saturated heterocycles. The highest BCUT2D eigenvalue weighted by atomic mass is 15.3. The number of aromatic nitrogens is 3. The van der Waals surface area contributed by atoms with Gasteiger partial charge in [0.1, 0.15) is 12.2 Å². The van der Waals surface area contributed by atoms with E-state index in [-0.39, 0.29) is 0 Å². The van der Waals surface area contributed by atoms with Crippen molar-refractivity contribution in [1.82, 2.24) is 25.0 Å². The third-order valence-corrected chi connectivity index (χ3v) is 3.02. The van der Waals surface area contributed by atoms with Crippen molar-refractivity contribution in [1.29, 1.82) is 0 Å². The van der Waals surface area contributed by atoms with Crippen molar-refractivity contribution >= 4 is 0 Å². The van der Waals surface area contributed by atoms with E-state index in [1.54, 1.807) is 6.33 Å². The lowest BCUT2D eigenvalue weighted by Crippen LogP contribution is -2.42. The second-order valence-corrected chi connectivity index (χ2v) is 5.39. The lowest BCUT2D eigenvalue weighted by atomic mass is 10.0. The summed E-state index contributed by atoms with van der Waals surface area (Å²) in [6, 6.07) is 0.478. The molecule has 1 atom stereocenters.